The van der Waals surface area contributed by atoms with E-state index in [1.807, 2.05) is 45.0 Å². The molecule has 98 valence electrons. The molecule has 2 atom stereocenters. The molecule has 2 rings (SSSR count). The van der Waals surface area contributed by atoms with Crippen molar-refractivity contribution >= 4 is 10.8 Å². The van der Waals surface area contributed by atoms with Gasteiger partial charge in [-0.25, -0.2) is 4.21 Å². The quantitative estimate of drug-likeness (QED) is 0.912. The number of hydrogen-bond donors (Lipinski definition) is 1. The van der Waals surface area contributed by atoms with Gasteiger partial charge in [-0.15, -0.1) is 0 Å². The molecule has 0 unspecified atom stereocenters. The summed E-state index contributed by atoms with van der Waals surface area (Å²) < 4.78 is 18.2. The van der Waals surface area contributed by atoms with Crippen molar-refractivity contribution in [1.82, 2.24) is 0 Å². The first-order valence-corrected chi connectivity index (χ1v) is 7.08. The Labute approximate surface area is 110 Å². The predicted octanol–water partition coefficient (Wildman–Crippen LogP) is 2.16. The maximum atomic E-state index is 12.5. The normalized spacial score (nSPS) is 23.8. The lowest BCUT2D eigenvalue weighted by molar-refractivity contribution is -0.0237. The molecular weight excluding hydrogens is 248 g/mol. The first kappa shape index (κ1) is 13.5. The molecule has 0 spiro atoms. The maximum Gasteiger partial charge on any atom is 0.101 e. The van der Waals surface area contributed by atoms with Crippen LogP contribution in [0.1, 0.15) is 19.4 Å². The number of rotatable bonds is 3. The average molecular weight is 266 g/mol. The minimum Gasteiger partial charge on any atom is -0.393 e. The SMILES string of the molecule is Cc1ccc([S@](=O)C2=C[C@@H](CO)OC2(C)C)cc1. The highest BCUT2D eigenvalue weighted by atomic mass is 32.2. The lowest BCUT2D eigenvalue weighted by Gasteiger charge is -2.23. The predicted molar refractivity (Wildman–Crippen MR) is 71.7 cm³/mol. The van der Waals surface area contributed by atoms with Crippen LogP contribution in [0.4, 0.5) is 0 Å². The van der Waals surface area contributed by atoms with Gasteiger partial charge >= 0.3 is 0 Å². The number of aliphatic hydroxyl groups excluding tert-OH is 1. The molecule has 0 radical (unpaired) electrons. The van der Waals surface area contributed by atoms with Crippen LogP contribution in [0, 0.1) is 6.92 Å². The zero-order valence-electron chi connectivity index (χ0n) is 10.8. The summed E-state index contributed by atoms with van der Waals surface area (Å²) in [5, 5.41) is 9.14. The summed E-state index contributed by atoms with van der Waals surface area (Å²) in [6, 6.07) is 7.63. The van der Waals surface area contributed by atoms with Crippen molar-refractivity contribution in [3.63, 3.8) is 0 Å². The van der Waals surface area contributed by atoms with Crippen molar-refractivity contribution in [2.24, 2.45) is 0 Å². The number of hydrogen-bond acceptors (Lipinski definition) is 3. The summed E-state index contributed by atoms with van der Waals surface area (Å²) in [5.41, 5.74) is 0.545. The highest BCUT2D eigenvalue weighted by molar-refractivity contribution is 7.89. The number of aliphatic hydroxyl groups is 1. The molecule has 1 aromatic rings. The fourth-order valence-electron chi connectivity index (χ4n) is 2.00. The maximum absolute atomic E-state index is 12.5. The van der Waals surface area contributed by atoms with Crippen LogP contribution in [0.2, 0.25) is 0 Å². The standard InChI is InChI=1S/C14H18O3S/c1-10-4-6-12(7-5-10)18(16)13-8-11(9-15)17-14(13,2)3/h4-8,11,15H,9H2,1-3H3/t11-,18-/m0/s1. The van der Waals surface area contributed by atoms with Gasteiger partial charge in [-0.05, 0) is 39.0 Å². The Balaban J connectivity index is 2.31. The Kier molecular flexibility index (Phi) is 3.71. The van der Waals surface area contributed by atoms with Crippen LogP contribution in [-0.4, -0.2) is 27.6 Å². The second kappa shape index (κ2) is 4.96. The largest absolute Gasteiger partial charge is 0.393 e. The molecule has 3 nitrogen and oxygen atoms in total. The average Bonchev–Trinajstić information content (AvgIpc) is 2.64. The summed E-state index contributed by atoms with van der Waals surface area (Å²) in [5.74, 6) is 0. The Morgan fingerprint density at radius 1 is 1.33 bits per heavy atom. The third-order valence-electron chi connectivity index (χ3n) is 2.99. The van der Waals surface area contributed by atoms with Crippen molar-refractivity contribution in [2.45, 2.75) is 37.4 Å². The molecule has 0 saturated heterocycles. The smallest absolute Gasteiger partial charge is 0.101 e. The van der Waals surface area contributed by atoms with E-state index in [1.54, 1.807) is 6.08 Å². The van der Waals surface area contributed by atoms with Gasteiger partial charge in [0.1, 0.15) is 6.10 Å². The molecule has 0 saturated carbocycles. The van der Waals surface area contributed by atoms with Gasteiger partial charge in [0, 0.05) is 4.90 Å². The van der Waals surface area contributed by atoms with Crippen molar-refractivity contribution in [3.05, 3.63) is 40.8 Å². The van der Waals surface area contributed by atoms with E-state index in [0.717, 1.165) is 15.4 Å². The highest BCUT2D eigenvalue weighted by Crippen LogP contribution is 2.34. The number of aryl methyl sites for hydroxylation is 1. The topological polar surface area (TPSA) is 46.5 Å². The van der Waals surface area contributed by atoms with Gasteiger partial charge in [0.15, 0.2) is 0 Å². The molecule has 4 heteroatoms. The van der Waals surface area contributed by atoms with E-state index in [4.69, 9.17) is 9.84 Å². The van der Waals surface area contributed by atoms with E-state index in [9.17, 15) is 4.21 Å². The Morgan fingerprint density at radius 2 is 1.94 bits per heavy atom. The Morgan fingerprint density at radius 3 is 2.44 bits per heavy atom. The lowest BCUT2D eigenvalue weighted by atomic mass is 10.1. The Bertz CT molecular complexity index is 488. The fourth-order valence-corrected chi connectivity index (χ4v) is 3.41. The second-order valence-corrected chi connectivity index (χ2v) is 6.41. The first-order chi connectivity index (χ1) is 8.44. The fraction of sp³-hybridized carbons (Fsp3) is 0.429. The molecule has 0 fully saturated rings. The summed E-state index contributed by atoms with van der Waals surface area (Å²) >= 11 is 0. The van der Waals surface area contributed by atoms with Crippen molar-refractivity contribution in [2.75, 3.05) is 6.61 Å². The summed E-state index contributed by atoms with van der Waals surface area (Å²) in [6.45, 7) is 5.66. The van der Waals surface area contributed by atoms with Crippen LogP contribution >= 0.6 is 0 Å². The van der Waals surface area contributed by atoms with Crippen LogP contribution in [0.15, 0.2) is 40.1 Å². The van der Waals surface area contributed by atoms with Gasteiger partial charge < -0.3 is 9.84 Å². The van der Waals surface area contributed by atoms with E-state index < -0.39 is 16.4 Å². The Hall–Kier alpha value is -0.970. The number of ether oxygens (including phenoxy) is 1. The highest BCUT2D eigenvalue weighted by Gasteiger charge is 2.37. The van der Waals surface area contributed by atoms with Gasteiger partial charge in [0.2, 0.25) is 0 Å². The monoisotopic (exact) mass is 266 g/mol. The zero-order chi connectivity index (χ0) is 13.3. The third-order valence-corrected chi connectivity index (χ3v) is 4.72. The van der Waals surface area contributed by atoms with E-state index in [-0.39, 0.29) is 12.7 Å². The van der Waals surface area contributed by atoms with E-state index >= 15 is 0 Å². The van der Waals surface area contributed by atoms with Crippen LogP contribution in [0.25, 0.3) is 0 Å². The molecule has 0 aromatic heterocycles. The van der Waals surface area contributed by atoms with Gasteiger partial charge in [-0.3, -0.25) is 0 Å². The molecule has 1 heterocycles. The molecule has 1 N–H and O–H groups in total. The van der Waals surface area contributed by atoms with Crippen molar-refractivity contribution in [1.29, 1.82) is 0 Å². The number of benzene rings is 1. The molecule has 1 aromatic carbocycles. The zero-order valence-corrected chi connectivity index (χ0v) is 11.7. The molecule has 1 aliphatic rings. The van der Waals surface area contributed by atoms with Gasteiger partial charge in [-0.1, -0.05) is 17.7 Å². The molecule has 0 bridgehead atoms. The second-order valence-electron chi connectivity index (χ2n) is 4.96. The van der Waals surface area contributed by atoms with Gasteiger partial charge in [-0.2, -0.15) is 0 Å². The summed E-state index contributed by atoms with van der Waals surface area (Å²) in [4.78, 5) is 1.49. The van der Waals surface area contributed by atoms with Gasteiger partial charge in [0.05, 0.1) is 27.9 Å². The molecular formula is C14H18O3S. The van der Waals surface area contributed by atoms with Crippen LogP contribution in [0.3, 0.4) is 0 Å². The third kappa shape index (κ3) is 2.55. The lowest BCUT2D eigenvalue weighted by Crippen LogP contribution is -2.27. The van der Waals surface area contributed by atoms with Gasteiger partial charge in [0.25, 0.3) is 0 Å². The molecule has 0 amide bonds. The van der Waals surface area contributed by atoms with E-state index in [0.29, 0.717) is 0 Å². The molecule has 18 heavy (non-hydrogen) atoms. The first-order valence-electron chi connectivity index (χ1n) is 5.93. The molecule has 1 aliphatic heterocycles. The van der Waals surface area contributed by atoms with Crippen molar-refractivity contribution < 1.29 is 14.1 Å². The minimum atomic E-state index is -1.23. The summed E-state index contributed by atoms with van der Waals surface area (Å²) in [6.07, 6.45) is 1.42. The summed E-state index contributed by atoms with van der Waals surface area (Å²) in [7, 11) is -1.23. The molecule has 0 aliphatic carbocycles. The van der Waals surface area contributed by atoms with E-state index in [1.165, 1.54) is 0 Å². The van der Waals surface area contributed by atoms with Crippen molar-refractivity contribution in [3.8, 4) is 0 Å². The van der Waals surface area contributed by atoms with Crippen LogP contribution < -0.4 is 0 Å². The van der Waals surface area contributed by atoms with E-state index in [2.05, 4.69) is 0 Å². The van der Waals surface area contributed by atoms with Crippen LogP contribution in [0.5, 0.6) is 0 Å². The van der Waals surface area contributed by atoms with Crippen LogP contribution in [-0.2, 0) is 15.5 Å². The minimum absolute atomic E-state index is 0.0853.